The SMILES string of the molecule is COc1cc(Br)ccc1C(=O)Cn1cc2ccccc2c1. The van der Waals surface area contributed by atoms with Crippen LogP contribution in [0.15, 0.2) is 59.3 Å². The molecule has 0 spiro atoms. The third-order valence-electron chi connectivity index (χ3n) is 3.40. The number of nitrogens with zero attached hydrogens (tertiary/aromatic N) is 1. The fourth-order valence-corrected chi connectivity index (χ4v) is 2.72. The van der Waals surface area contributed by atoms with Gasteiger partial charge in [0.15, 0.2) is 5.78 Å². The van der Waals surface area contributed by atoms with Crippen LogP contribution in [0.4, 0.5) is 0 Å². The smallest absolute Gasteiger partial charge is 0.186 e. The van der Waals surface area contributed by atoms with Gasteiger partial charge >= 0.3 is 0 Å². The Morgan fingerprint density at radius 3 is 2.43 bits per heavy atom. The number of hydrogen-bond donors (Lipinski definition) is 0. The highest BCUT2D eigenvalue weighted by Crippen LogP contribution is 2.24. The predicted molar refractivity (Wildman–Crippen MR) is 87.0 cm³/mol. The Kier molecular flexibility index (Phi) is 3.80. The van der Waals surface area contributed by atoms with Crippen LogP contribution in [0, 0.1) is 0 Å². The third kappa shape index (κ3) is 2.85. The highest BCUT2D eigenvalue weighted by Gasteiger charge is 2.13. The Morgan fingerprint density at radius 2 is 1.81 bits per heavy atom. The van der Waals surface area contributed by atoms with Crippen LogP contribution in [-0.2, 0) is 6.54 Å². The molecule has 0 bridgehead atoms. The molecule has 0 saturated carbocycles. The second-order valence-electron chi connectivity index (χ2n) is 4.83. The van der Waals surface area contributed by atoms with Gasteiger partial charge in [-0.15, -0.1) is 0 Å². The first-order valence-electron chi connectivity index (χ1n) is 6.58. The standard InChI is InChI=1S/C17H14BrNO2/c1-21-17-8-14(18)6-7-15(17)16(20)11-19-9-12-4-2-3-5-13(12)10-19/h2-10H,11H2,1H3. The fraction of sp³-hybridized carbons (Fsp3) is 0.118. The van der Waals surface area contributed by atoms with E-state index in [4.69, 9.17) is 4.74 Å². The Bertz CT molecular complexity index is 774. The minimum atomic E-state index is 0.0275. The number of methoxy groups -OCH3 is 1. The summed E-state index contributed by atoms with van der Waals surface area (Å²) in [6, 6.07) is 13.5. The van der Waals surface area contributed by atoms with E-state index < -0.39 is 0 Å². The molecule has 0 aliphatic heterocycles. The lowest BCUT2D eigenvalue weighted by atomic mass is 10.1. The minimum Gasteiger partial charge on any atom is -0.496 e. The van der Waals surface area contributed by atoms with E-state index in [-0.39, 0.29) is 5.78 Å². The first-order valence-corrected chi connectivity index (χ1v) is 7.38. The second-order valence-corrected chi connectivity index (χ2v) is 5.74. The van der Waals surface area contributed by atoms with Crippen molar-refractivity contribution >= 4 is 32.5 Å². The lowest BCUT2D eigenvalue weighted by Gasteiger charge is -2.08. The van der Waals surface area contributed by atoms with Gasteiger partial charge in [0.2, 0.25) is 0 Å². The lowest BCUT2D eigenvalue weighted by molar-refractivity contribution is 0.0969. The molecule has 0 unspecified atom stereocenters. The zero-order valence-corrected chi connectivity index (χ0v) is 13.1. The summed E-state index contributed by atoms with van der Waals surface area (Å²) >= 11 is 3.38. The molecule has 0 saturated heterocycles. The number of ether oxygens (including phenoxy) is 1. The number of carbonyl (C=O) groups excluding carboxylic acids is 1. The summed E-state index contributed by atoms with van der Waals surface area (Å²) in [6.45, 7) is 0.298. The van der Waals surface area contributed by atoms with Crippen LogP contribution < -0.4 is 4.74 Å². The molecule has 0 aliphatic rings. The van der Waals surface area contributed by atoms with Gasteiger partial charge in [-0.2, -0.15) is 0 Å². The van der Waals surface area contributed by atoms with Crippen LogP contribution >= 0.6 is 15.9 Å². The summed E-state index contributed by atoms with van der Waals surface area (Å²) in [5.74, 6) is 0.616. The summed E-state index contributed by atoms with van der Waals surface area (Å²) in [5.41, 5.74) is 0.596. The van der Waals surface area contributed by atoms with Gasteiger partial charge < -0.3 is 9.30 Å². The zero-order chi connectivity index (χ0) is 14.8. The molecular weight excluding hydrogens is 330 g/mol. The van der Waals surface area contributed by atoms with Gasteiger partial charge in [-0.25, -0.2) is 0 Å². The second kappa shape index (κ2) is 5.74. The molecule has 3 nitrogen and oxygen atoms in total. The maximum absolute atomic E-state index is 12.5. The van der Waals surface area contributed by atoms with E-state index in [1.165, 1.54) is 0 Å². The van der Waals surface area contributed by atoms with E-state index in [2.05, 4.69) is 15.9 Å². The molecule has 1 aromatic heterocycles. The van der Waals surface area contributed by atoms with Gasteiger partial charge in [0, 0.05) is 16.9 Å². The number of ketones is 1. The molecule has 2 aromatic carbocycles. The van der Waals surface area contributed by atoms with Crippen molar-refractivity contribution in [1.29, 1.82) is 0 Å². The Labute approximate surface area is 131 Å². The Balaban J connectivity index is 1.89. The summed E-state index contributed by atoms with van der Waals surface area (Å²) < 4.78 is 8.09. The summed E-state index contributed by atoms with van der Waals surface area (Å²) in [5, 5.41) is 2.26. The number of benzene rings is 2. The predicted octanol–water partition coefficient (Wildman–Crippen LogP) is 4.30. The average molecular weight is 344 g/mol. The van der Waals surface area contributed by atoms with Crippen LogP contribution in [0.5, 0.6) is 5.75 Å². The molecule has 3 rings (SSSR count). The molecule has 0 aliphatic carbocycles. The number of halogens is 1. The van der Waals surface area contributed by atoms with E-state index in [0.29, 0.717) is 17.9 Å². The van der Waals surface area contributed by atoms with Crippen molar-refractivity contribution in [3.8, 4) is 5.75 Å². The molecule has 0 atom stereocenters. The maximum Gasteiger partial charge on any atom is 0.186 e. The number of rotatable bonds is 4. The molecule has 4 heteroatoms. The van der Waals surface area contributed by atoms with Crippen LogP contribution in [0.2, 0.25) is 0 Å². The van der Waals surface area contributed by atoms with E-state index in [9.17, 15) is 4.79 Å². The fourth-order valence-electron chi connectivity index (χ4n) is 2.38. The largest absolute Gasteiger partial charge is 0.496 e. The number of carbonyl (C=O) groups is 1. The van der Waals surface area contributed by atoms with Crippen molar-refractivity contribution < 1.29 is 9.53 Å². The summed E-state index contributed by atoms with van der Waals surface area (Å²) in [7, 11) is 1.57. The van der Waals surface area contributed by atoms with Crippen molar-refractivity contribution in [2.75, 3.05) is 7.11 Å². The monoisotopic (exact) mass is 343 g/mol. The normalized spacial score (nSPS) is 10.8. The van der Waals surface area contributed by atoms with Crippen LogP contribution in [-0.4, -0.2) is 17.5 Å². The maximum atomic E-state index is 12.5. The minimum absolute atomic E-state index is 0.0275. The summed E-state index contributed by atoms with van der Waals surface area (Å²) in [6.07, 6.45) is 3.97. The number of fused-ring (bicyclic) bond motifs is 1. The molecule has 21 heavy (non-hydrogen) atoms. The van der Waals surface area contributed by atoms with E-state index in [0.717, 1.165) is 15.2 Å². The van der Waals surface area contributed by atoms with Gasteiger partial charge in [0.1, 0.15) is 5.75 Å². The molecular formula is C17H14BrNO2. The highest BCUT2D eigenvalue weighted by molar-refractivity contribution is 9.10. The van der Waals surface area contributed by atoms with Crippen molar-refractivity contribution in [3.63, 3.8) is 0 Å². The average Bonchev–Trinajstić information content (AvgIpc) is 2.88. The molecule has 3 aromatic rings. The van der Waals surface area contributed by atoms with Crippen LogP contribution in [0.1, 0.15) is 10.4 Å². The van der Waals surface area contributed by atoms with Crippen molar-refractivity contribution in [2.45, 2.75) is 6.54 Å². The topological polar surface area (TPSA) is 31.2 Å². The molecule has 0 radical (unpaired) electrons. The lowest BCUT2D eigenvalue weighted by Crippen LogP contribution is -2.10. The van der Waals surface area contributed by atoms with Gasteiger partial charge in [-0.3, -0.25) is 4.79 Å². The van der Waals surface area contributed by atoms with Crippen molar-refractivity contribution in [2.24, 2.45) is 0 Å². The highest BCUT2D eigenvalue weighted by atomic mass is 79.9. The van der Waals surface area contributed by atoms with Crippen LogP contribution in [0.25, 0.3) is 10.8 Å². The van der Waals surface area contributed by atoms with E-state index in [1.807, 2.05) is 47.3 Å². The molecule has 0 amide bonds. The van der Waals surface area contributed by atoms with Crippen LogP contribution in [0.3, 0.4) is 0 Å². The number of aromatic nitrogens is 1. The van der Waals surface area contributed by atoms with Crippen molar-refractivity contribution in [3.05, 3.63) is 64.9 Å². The van der Waals surface area contributed by atoms with Gasteiger partial charge in [-0.1, -0.05) is 40.2 Å². The first kappa shape index (κ1) is 13.9. The van der Waals surface area contributed by atoms with E-state index >= 15 is 0 Å². The number of Topliss-reactive ketones (excluding diaryl/α,β-unsaturated/α-hetero) is 1. The molecule has 0 fully saturated rings. The zero-order valence-electron chi connectivity index (χ0n) is 11.5. The molecule has 1 heterocycles. The third-order valence-corrected chi connectivity index (χ3v) is 3.89. The van der Waals surface area contributed by atoms with Gasteiger partial charge in [-0.05, 0) is 29.0 Å². The molecule has 106 valence electrons. The van der Waals surface area contributed by atoms with Gasteiger partial charge in [0.25, 0.3) is 0 Å². The Morgan fingerprint density at radius 1 is 1.14 bits per heavy atom. The number of hydrogen-bond acceptors (Lipinski definition) is 2. The quantitative estimate of drug-likeness (QED) is 0.661. The first-order chi connectivity index (χ1) is 10.2. The molecule has 0 N–H and O–H groups in total. The van der Waals surface area contributed by atoms with Gasteiger partial charge in [0.05, 0.1) is 19.2 Å². The van der Waals surface area contributed by atoms with E-state index in [1.54, 1.807) is 19.2 Å². The van der Waals surface area contributed by atoms with Crippen molar-refractivity contribution in [1.82, 2.24) is 4.57 Å². The summed E-state index contributed by atoms with van der Waals surface area (Å²) in [4.78, 5) is 12.5. The Hall–Kier alpha value is -2.07.